The molecule has 4 heteroatoms. The maximum atomic E-state index is 5.85. The summed E-state index contributed by atoms with van der Waals surface area (Å²) >= 11 is 3.76. The molecule has 1 aromatic rings. The highest BCUT2D eigenvalue weighted by Gasteiger charge is 2.30. The molecule has 0 bridgehead atoms. The van der Waals surface area contributed by atoms with E-state index in [9.17, 15) is 0 Å². The molecule has 2 aliphatic rings. The van der Waals surface area contributed by atoms with Crippen LogP contribution in [0.3, 0.4) is 0 Å². The highest BCUT2D eigenvalue weighted by molar-refractivity contribution is 9.10. The zero-order valence-corrected chi connectivity index (χ0v) is 12.3. The monoisotopic (exact) mass is 311 g/mol. The molecule has 2 unspecified atom stereocenters. The molecule has 0 radical (unpaired) electrons. The summed E-state index contributed by atoms with van der Waals surface area (Å²) in [6.07, 6.45) is 3.62. The van der Waals surface area contributed by atoms with Crippen molar-refractivity contribution in [3.8, 4) is 11.5 Å². The summed E-state index contributed by atoms with van der Waals surface area (Å²) in [5.41, 5.74) is 2.56. The van der Waals surface area contributed by atoms with Gasteiger partial charge in [0.15, 0.2) is 11.5 Å². The van der Waals surface area contributed by atoms with Crippen molar-refractivity contribution >= 4 is 15.9 Å². The number of rotatable bonds is 2. The molecule has 0 aliphatic carbocycles. The van der Waals surface area contributed by atoms with Crippen LogP contribution in [-0.4, -0.2) is 19.8 Å². The SMILES string of the molecule is COc1cc(C2CCCN2)c(Br)c2c1OC(C)C2. The number of fused-ring (bicyclic) bond motifs is 1. The van der Waals surface area contributed by atoms with Crippen molar-refractivity contribution in [2.75, 3.05) is 13.7 Å². The summed E-state index contributed by atoms with van der Waals surface area (Å²) in [5, 5.41) is 3.54. The van der Waals surface area contributed by atoms with Gasteiger partial charge in [-0.3, -0.25) is 0 Å². The smallest absolute Gasteiger partial charge is 0.166 e. The van der Waals surface area contributed by atoms with Crippen molar-refractivity contribution in [2.24, 2.45) is 0 Å². The maximum Gasteiger partial charge on any atom is 0.166 e. The summed E-state index contributed by atoms with van der Waals surface area (Å²) in [7, 11) is 1.71. The largest absolute Gasteiger partial charge is 0.493 e. The second-order valence-electron chi connectivity index (χ2n) is 5.07. The number of halogens is 1. The number of ether oxygens (including phenoxy) is 2. The van der Waals surface area contributed by atoms with Crippen LogP contribution in [0.15, 0.2) is 10.5 Å². The van der Waals surface area contributed by atoms with Gasteiger partial charge in [0, 0.05) is 22.5 Å². The molecule has 0 spiro atoms. The van der Waals surface area contributed by atoms with Gasteiger partial charge in [-0.05, 0) is 37.9 Å². The molecule has 2 heterocycles. The lowest BCUT2D eigenvalue weighted by molar-refractivity contribution is 0.243. The standard InChI is InChI=1S/C14H18BrNO2/c1-8-6-10-13(15)9(11-4-3-5-16-11)7-12(17-2)14(10)18-8/h7-8,11,16H,3-6H2,1-2H3. The number of methoxy groups -OCH3 is 1. The first-order chi connectivity index (χ1) is 8.70. The van der Waals surface area contributed by atoms with Gasteiger partial charge in [0.2, 0.25) is 0 Å². The average Bonchev–Trinajstić information content (AvgIpc) is 2.98. The van der Waals surface area contributed by atoms with Gasteiger partial charge in [-0.2, -0.15) is 0 Å². The first-order valence-corrected chi connectivity index (χ1v) is 7.29. The highest BCUT2D eigenvalue weighted by Crippen LogP contribution is 2.46. The molecule has 0 amide bonds. The second kappa shape index (κ2) is 4.74. The molecule has 3 nitrogen and oxygen atoms in total. The topological polar surface area (TPSA) is 30.5 Å². The first kappa shape index (κ1) is 12.3. The average molecular weight is 312 g/mol. The lowest BCUT2D eigenvalue weighted by Crippen LogP contribution is -2.14. The Morgan fingerprint density at radius 1 is 1.50 bits per heavy atom. The van der Waals surface area contributed by atoms with Gasteiger partial charge < -0.3 is 14.8 Å². The van der Waals surface area contributed by atoms with Gasteiger partial charge in [0.25, 0.3) is 0 Å². The minimum absolute atomic E-state index is 0.233. The molecular formula is C14H18BrNO2. The predicted molar refractivity (Wildman–Crippen MR) is 74.5 cm³/mol. The van der Waals surface area contributed by atoms with Gasteiger partial charge in [0.1, 0.15) is 6.10 Å². The number of nitrogens with one attached hydrogen (secondary N) is 1. The molecule has 1 saturated heterocycles. The minimum atomic E-state index is 0.233. The quantitative estimate of drug-likeness (QED) is 0.910. The van der Waals surface area contributed by atoms with Gasteiger partial charge in [-0.15, -0.1) is 0 Å². The van der Waals surface area contributed by atoms with Crippen molar-refractivity contribution in [2.45, 2.75) is 38.3 Å². The van der Waals surface area contributed by atoms with E-state index >= 15 is 0 Å². The van der Waals surface area contributed by atoms with Gasteiger partial charge in [0.05, 0.1) is 7.11 Å². The predicted octanol–water partition coefficient (Wildman–Crippen LogP) is 3.21. The van der Waals surface area contributed by atoms with Crippen molar-refractivity contribution < 1.29 is 9.47 Å². The van der Waals surface area contributed by atoms with Crippen LogP contribution in [0.1, 0.15) is 36.9 Å². The van der Waals surface area contributed by atoms with Gasteiger partial charge >= 0.3 is 0 Å². The van der Waals surface area contributed by atoms with Crippen molar-refractivity contribution in [1.29, 1.82) is 0 Å². The van der Waals surface area contributed by atoms with Crippen molar-refractivity contribution in [3.63, 3.8) is 0 Å². The first-order valence-electron chi connectivity index (χ1n) is 6.50. The Morgan fingerprint density at radius 2 is 2.33 bits per heavy atom. The van der Waals surface area contributed by atoms with Crippen molar-refractivity contribution in [1.82, 2.24) is 5.32 Å². The fourth-order valence-corrected chi connectivity index (χ4v) is 3.62. The summed E-state index contributed by atoms with van der Waals surface area (Å²) in [5.74, 6) is 1.78. The summed E-state index contributed by atoms with van der Waals surface area (Å²) < 4.78 is 12.5. The van der Waals surface area contributed by atoms with E-state index in [1.165, 1.54) is 28.4 Å². The van der Waals surface area contributed by atoms with Crippen LogP contribution in [0, 0.1) is 0 Å². The lowest BCUT2D eigenvalue weighted by Gasteiger charge is -2.17. The van der Waals surface area contributed by atoms with E-state index in [1.54, 1.807) is 7.11 Å². The molecule has 0 aromatic heterocycles. The molecule has 2 aliphatic heterocycles. The van der Waals surface area contributed by atoms with Crippen LogP contribution in [-0.2, 0) is 6.42 Å². The van der Waals surface area contributed by atoms with E-state index in [0.717, 1.165) is 24.5 Å². The fourth-order valence-electron chi connectivity index (χ4n) is 2.89. The summed E-state index contributed by atoms with van der Waals surface area (Å²) in [4.78, 5) is 0. The molecule has 0 saturated carbocycles. The molecule has 1 aromatic carbocycles. The normalized spacial score (nSPS) is 25.9. The Balaban J connectivity index is 2.08. The lowest BCUT2D eigenvalue weighted by atomic mass is 10.00. The van der Waals surface area contributed by atoms with Crippen molar-refractivity contribution in [3.05, 3.63) is 21.7 Å². The minimum Gasteiger partial charge on any atom is -0.493 e. The summed E-state index contributed by atoms with van der Waals surface area (Å²) in [6, 6.07) is 2.55. The Hall–Kier alpha value is -0.740. The number of hydrogen-bond acceptors (Lipinski definition) is 3. The highest BCUT2D eigenvalue weighted by atomic mass is 79.9. The fraction of sp³-hybridized carbons (Fsp3) is 0.571. The molecule has 18 heavy (non-hydrogen) atoms. The van der Waals surface area contributed by atoms with Gasteiger partial charge in [-0.1, -0.05) is 15.9 Å². The molecule has 98 valence electrons. The van der Waals surface area contributed by atoms with E-state index in [-0.39, 0.29) is 6.10 Å². The molecule has 2 atom stereocenters. The number of hydrogen-bond donors (Lipinski definition) is 1. The van der Waals surface area contributed by atoms with E-state index in [2.05, 4.69) is 34.2 Å². The van der Waals surface area contributed by atoms with Crippen LogP contribution >= 0.6 is 15.9 Å². The molecular weight excluding hydrogens is 294 g/mol. The van der Waals surface area contributed by atoms with Crippen LogP contribution < -0.4 is 14.8 Å². The Morgan fingerprint density at radius 3 is 3.00 bits per heavy atom. The van der Waals surface area contributed by atoms with Crippen LogP contribution in [0.5, 0.6) is 11.5 Å². The van der Waals surface area contributed by atoms with E-state index in [1.807, 2.05) is 0 Å². The molecule has 1 fully saturated rings. The van der Waals surface area contributed by atoms with E-state index in [0.29, 0.717) is 6.04 Å². The third-order valence-electron chi connectivity index (χ3n) is 3.77. The Labute approximate surface area is 116 Å². The van der Waals surface area contributed by atoms with E-state index < -0.39 is 0 Å². The van der Waals surface area contributed by atoms with Crippen LogP contribution in [0.25, 0.3) is 0 Å². The zero-order chi connectivity index (χ0) is 12.7. The molecule has 1 N–H and O–H groups in total. The van der Waals surface area contributed by atoms with Crippen LogP contribution in [0.4, 0.5) is 0 Å². The third kappa shape index (κ3) is 1.91. The van der Waals surface area contributed by atoms with Crippen LogP contribution in [0.2, 0.25) is 0 Å². The van der Waals surface area contributed by atoms with E-state index in [4.69, 9.17) is 9.47 Å². The summed E-state index contributed by atoms with van der Waals surface area (Å²) in [6.45, 7) is 3.20. The molecule has 3 rings (SSSR count). The Kier molecular flexibility index (Phi) is 3.24. The Bertz CT molecular complexity index is 469. The third-order valence-corrected chi connectivity index (χ3v) is 4.71. The number of benzene rings is 1. The van der Waals surface area contributed by atoms with Gasteiger partial charge in [-0.25, -0.2) is 0 Å². The zero-order valence-electron chi connectivity index (χ0n) is 10.8. The maximum absolute atomic E-state index is 5.85. The second-order valence-corrected chi connectivity index (χ2v) is 5.86.